The summed E-state index contributed by atoms with van der Waals surface area (Å²) in [6, 6.07) is 10.4. The number of fused-ring (bicyclic) bond motifs is 1. The van der Waals surface area contributed by atoms with Crippen molar-refractivity contribution < 1.29 is 18.3 Å². The molecule has 4 heterocycles. The van der Waals surface area contributed by atoms with Gasteiger partial charge in [-0.15, -0.1) is 0 Å². The average molecular weight is 512 g/mol. The summed E-state index contributed by atoms with van der Waals surface area (Å²) < 4.78 is 40.4. The normalized spacial score (nSPS) is 14.1. The van der Waals surface area contributed by atoms with Crippen molar-refractivity contribution >= 4 is 28.6 Å². The fraction of sp³-hybridized carbons (Fsp3) is 0.375. The highest BCUT2D eigenvalue weighted by atomic mass is 19.3. The molecular formula is C24H27F2N9O2. The zero-order chi connectivity index (χ0) is 25.8. The molecule has 1 fully saturated rings. The maximum absolute atomic E-state index is 14.0. The minimum Gasteiger partial charge on any atom is -0.476 e. The second kappa shape index (κ2) is 11.0. The molecule has 37 heavy (non-hydrogen) atoms. The van der Waals surface area contributed by atoms with Crippen LogP contribution in [0.4, 0.5) is 26.4 Å². The van der Waals surface area contributed by atoms with Gasteiger partial charge in [-0.1, -0.05) is 12.1 Å². The lowest BCUT2D eigenvalue weighted by Gasteiger charge is -2.27. The number of benzene rings is 1. The molecule has 0 radical (unpaired) electrons. The van der Waals surface area contributed by atoms with Crippen LogP contribution in [0.1, 0.15) is 12.2 Å². The number of morpholine rings is 1. The Balaban J connectivity index is 1.50. The van der Waals surface area contributed by atoms with Crippen molar-refractivity contribution in [2.24, 2.45) is 0 Å². The van der Waals surface area contributed by atoms with Gasteiger partial charge in [0.1, 0.15) is 6.61 Å². The van der Waals surface area contributed by atoms with Gasteiger partial charge in [-0.3, -0.25) is 4.57 Å². The molecule has 11 nitrogen and oxygen atoms in total. The molecule has 0 aliphatic carbocycles. The van der Waals surface area contributed by atoms with E-state index in [9.17, 15) is 8.78 Å². The fourth-order valence-corrected chi connectivity index (χ4v) is 3.82. The molecule has 1 N–H and O–H groups in total. The number of nitrogens with one attached hydrogen (secondary N) is 1. The van der Waals surface area contributed by atoms with Gasteiger partial charge >= 0.3 is 0 Å². The minimum absolute atomic E-state index is 0.0413. The first-order chi connectivity index (χ1) is 18.0. The number of likely N-dealkylation sites (N-methyl/N-ethyl adjacent to an activating group) is 1. The van der Waals surface area contributed by atoms with Gasteiger partial charge in [0.15, 0.2) is 5.82 Å². The quantitative estimate of drug-likeness (QED) is 0.360. The lowest BCUT2D eigenvalue weighted by Crippen LogP contribution is -2.37. The summed E-state index contributed by atoms with van der Waals surface area (Å²) in [5.41, 5.74) is 1.51. The molecule has 0 amide bonds. The minimum atomic E-state index is -2.82. The van der Waals surface area contributed by atoms with Crippen LogP contribution in [0.3, 0.4) is 0 Å². The predicted octanol–water partition coefficient (Wildman–Crippen LogP) is 3.06. The highest BCUT2D eigenvalue weighted by molar-refractivity contribution is 5.77. The number of pyridine rings is 1. The fourth-order valence-electron chi connectivity index (χ4n) is 3.82. The van der Waals surface area contributed by atoms with E-state index in [2.05, 4.69) is 30.2 Å². The van der Waals surface area contributed by atoms with E-state index >= 15 is 0 Å². The molecule has 5 rings (SSSR count). The molecule has 0 atom stereocenters. The van der Waals surface area contributed by atoms with Crippen molar-refractivity contribution in [3.63, 3.8) is 0 Å². The number of para-hydroxylation sites is 2. The highest BCUT2D eigenvalue weighted by Gasteiger charge is 2.24. The predicted molar refractivity (Wildman–Crippen MR) is 134 cm³/mol. The van der Waals surface area contributed by atoms with Crippen molar-refractivity contribution in [3.05, 3.63) is 48.4 Å². The van der Waals surface area contributed by atoms with Crippen LogP contribution < -0.4 is 15.0 Å². The standard InChI is InChI=1S/C24H27F2N9O2/c1-33(2)9-14-37-19-8-7-16(15-27-19)28-22-30-23(34-10-12-36-13-11-34)32-24(31-22)35-18-6-4-3-5-17(18)29-21(35)20(25)26/h3-8,15,20H,9-14H2,1-2H3,(H,28,30,31,32). The molecule has 3 aromatic heterocycles. The van der Waals surface area contributed by atoms with Gasteiger partial charge in [-0.25, -0.2) is 18.7 Å². The van der Waals surface area contributed by atoms with E-state index in [0.29, 0.717) is 61.5 Å². The number of hydrogen-bond acceptors (Lipinski definition) is 10. The van der Waals surface area contributed by atoms with Crippen LogP contribution in [-0.2, 0) is 4.74 Å². The monoisotopic (exact) mass is 511 g/mol. The van der Waals surface area contributed by atoms with E-state index < -0.39 is 12.2 Å². The maximum atomic E-state index is 14.0. The number of ether oxygens (including phenoxy) is 2. The SMILES string of the molecule is CN(C)CCOc1ccc(Nc2nc(N3CCOCC3)nc(-n3c(C(F)F)nc4ccccc43)n2)cn1. The smallest absolute Gasteiger partial charge is 0.296 e. The summed E-state index contributed by atoms with van der Waals surface area (Å²) in [6.07, 6.45) is -1.23. The number of alkyl halides is 2. The first-order valence-electron chi connectivity index (χ1n) is 11.8. The number of hydrogen-bond donors (Lipinski definition) is 1. The third kappa shape index (κ3) is 5.73. The van der Waals surface area contributed by atoms with Crippen LogP contribution in [0.2, 0.25) is 0 Å². The van der Waals surface area contributed by atoms with E-state index in [-0.39, 0.29) is 11.9 Å². The summed E-state index contributed by atoms with van der Waals surface area (Å²) in [5.74, 6) is 0.633. The van der Waals surface area contributed by atoms with Gasteiger partial charge in [0.25, 0.3) is 6.43 Å². The van der Waals surface area contributed by atoms with E-state index in [1.54, 1.807) is 42.6 Å². The summed E-state index contributed by atoms with van der Waals surface area (Å²) >= 11 is 0. The topological polar surface area (TPSA) is 106 Å². The average Bonchev–Trinajstić information content (AvgIpc) is 3.30. The Morgan fingerprint density at radius 2 is 1.81 bits per heavy atom. The van der Waals surface area contributed by atoms with Gasteiger partial charge < -0.3 is 24.6 Å². The van der Waals surface area contributed by atoms with Crippen LogP contribution in [0.15, 0.2) is 42.6 Å². The number of halogens is 2. The summed E-state index contributed by atoms with van der Waals surface area (Å²) in [4.78, 5) is 26.0. The Hall–Kier alpha value is -3.97. The number of aromatic nitrogens is 6. The summed E-state index contributed by atoms with van der Waals surface area (Å²) in [6.45, 7) is 3.44. The van der Waals surface area contributed by atoms with E-state index in [1.165, 1.54) is 4.57 Å². The number of anilines is 3. The first kappa shape index (κ1) is 24.7. The number of imidazole rings is 1. The molecule has 13 heteroatoms. The molecule has 194 valence electrons. The second-order valence-corrected chi connectivity index (χ2v) is 8.62. The van der Waals surface area contributed by atoms with E-state index in [1.807, 2.05) is 23.9 Å². The van der Waals surface area contributed by atoms with Crippen LogP contribution >= 0.6 is 0 Å². The number of rotatable bonds is 9. The second-order valence-electron chi connectivity index (χ2n) is 8.62. The van der Waals surface area contributed by atoms with Crippen LogP contribution in [0.25, 0.3) is 17.0 Å². The molecule has 1 saturated heterocycles. The molecule has 1 aliphatic rings. The summed E-state index contributed by atoms with van der Waals surface area (Å²) in [5, 5.41) is 3.12. The van der Waals surface area contributed by atoms with Crippen LogP contribution in [0, 0.1) is 0 Å². The maximum Gasteiger partial charge on any atom is 0.296 e. The Morgan fingerprint density at radius 1 is 1.03 bits per heavy atom. The third-order valence-electron chi connectivity index (χ3n) is 5.67. The van der Waals surface area contributed by atoms with Crippen LogP contribution in [0.5, 0.6) is 5.88 Å². The van der Waals surface area contributed by atoms with Gasteiger partial charge in [-0.2, -0.15) is 15.0 Å². The first-order valence-corrected chi connectivity index (χ1v) is 11.8. The van der Waals surface area contributed by atoms with Gasteiger partial charge in [0.2, 0.25) is 23.7 Å². The van der Waals surface area contributed by atoms with Gasteiger partial charge in [0, 0.05) is 25.7 Å². The Morgan fingerprint density at radius 3 is 2.54 bits per heavy atom. The molecule has 0 unspecified atom stereocenters. The van der Waals surface area contributed by atoms with Crippen LogP contribution in [-0.4, -0.2) is 87.9 Å². The Bertz CT molecular complexity index is 1340. The Labute approximate surface area is 212 Å². The van der Waals surface area contributed by atoms with Crippen molar-refractivity contribution in [1.29, 1.82) is 0 Å². The largest absolute Gasteiger partial charge is 0.476 e. The van der Waals surface area contributed by atoms with Crippen molar-refractivity contribution in [1.82, 2.24) is 34.4 Å². The van der Waals surface area contributed by atoms with Gasteiger partial charge in [-0.05, 0) is 32.3 Å². The zero-order valence-corrected chi connectivity index (χ0v) is 20.5. The van der Waals surface area contributed by atoms with Gasteiger partial charge in [0.05, 0.1) is 36.1 Å². The zero-order valence-electron chi connectivity index (χ0n) is 20.5. The van der Waals surface area contributed by atoms with Crippen molar-refractivity contribution in [2.45, 2.75) is 6.43 Å². The molecular weight excluding hydrogens is 484 g/mol. The molecule has 4 aromatic rings. The molecule has 0 saturated carbocycles. The lowest BCUT2D eigenvalue weighted by molar-refractivity contribution is 0.122. The third-order valence-corrected chi connectivity index (χ3v) is 5.67. The molecule has 1 aliphatic heterocycles. The Kier molecular flexibility index (Phi) is 7.32. The summed E-state index contributed by atoms with van der Waals surface area (Å²) in [7, 11) is 3.93. The van der Waals surface area contributed by atoms with E-state index in [0.717, 1.165) is 6.54 Å². The van der Waals surface area contributed by atoms with Crippen molar-refractivity contribution in [2.75, 3.05) is 63.8 Å². The molecule has 0 spiro atoms. The highest BCUT2D eigenvalue weighted by Crippen LogP contribution is 2.28. The van der Waals surface area contributed by atoms with E-state index in [4.69, 9.17) is 9.47 Å². The molecule has 0 bridgehead atoms. The lowest BCUT2D eigenvalue weighted by atomic mass is 10.3. The van der Waals surface area contributed by atoms with Crippen molar-refractivity contribution in [3.8, 4) is 11.8 Å². The molecule has 1 aromatic carbocycles. The number of nitrogens with zero attached hydrogens (tertiary/aromatic N) is 8.